The van der Waals surface area contributed by atoms with Gasteiger partial charge in [-0.25, -0.2) is 14.4 Å². The monoisotopic (exact) mass is 367 g/mol. The Balaban J connectivity index is 1.56. The fourth-order valence-electron chi connectivity index (χ4n) is 3.25. The second-order valence-electron chi connectivity index (χ2n) is 6.33. The molecule has 2 aromatic heterocycles. The molecule has 7 nitrogen and oxygen atoms in total. The molecule has 3 aromatic rings. The highest BCUT2D eigenvalue weighted by Gasteiger charge is 2.29. The normalized spacial score (nSPS) is 16.9. The summed E-state index contributed by atoms with van der Waals surface area (Å²) in [5, 5.41) is 0. The average molecular weight is 367 g/mol. The summed E-state index contributed by atoms with van der Waals surface area (Å²) < 4.78 is 19.6. The zero-order valence-electron chi connectivity index (χ0n) is 14.5. The Morgan fingerprint density at radius 3 is 2.93 bits per heavy atom. The summed E-state index contributed by atoms with van der Waals surface area (Å²) in [5.74, 6) is -0.239. The van der Waals surface area contributed by atoms with Gasteiger partial charge in [-0.2, -0.15) is 0 Å². The lowest BCUT2D eigenvalue weighted by Gasteiger charge is -2.32. The third-order valence-corrected chi connectivity index (χ3v) is 4.56. The molecule has 1 atom stereocenters. The molecule has 0 spiro atoms. The van der Waals surface area contributed by atoms with E-state index >= 15 is 0 Å². The van der Waals surface area contributed by atoms with Gasteiger partial charge in [0.15, 0.2) is 11.6 Å². The lowest BCUT2D eigenvalue weighted by molar-refractivity contribution is 0.0699. The standard InChI is InChI=1S/C19H18FN5O2/c20-14-5-1-2-6-16(14)27-18-17(22-7-8-23-18)13-4-3-9-25(11-13)19(26)15-10-21-12-24-15/h1-2,5-8,10,12-13H,3-4,9,11H2,(H,21,24)/t13-/m1/s1. The van der Waals surface area contributed by atoms with Crippen LogP contribution in [0.15, 0.2) is 49.2 Å². The highest BCUT2D eigenvalue weighted by atomic mass is 19.1. The first-order valence-corrected chi connectivity index (χ1v) is 8.73. The van der Waals surface area contributed by atoms with Crippen LogP contribution in [0, 0.1) is 5.82 Å². The highest BCUT2D eigenvalue weighted by molar-refractivity contribution is 5.92. The number of carbonyl (C=O) groups is 1. The Bertz CT molecular complexity index is 931. The number of likely N-dealkylation sites (tertiary alicyclic amines) is 1. The number of benzene rings is 1. The number of piperidine rings is 1. The van der Waals surface area contributed by atoms with Crippen LogP contribution in [0.2, 0.25) is 0 Å². The highest BCUT2D eigenvalue weighted by Crippen LogP contribution is 2.33. The maximum Gasteiger partial charge on any atom is 0.271 e. The second-order valence-corrected chi connectivity index (χ2v) is 6.33. The molecular weight excluding hydrogens is 349 g/mol. The Kier molecular flexibility index (Phi) is 4.78. The molecular formula is C19H18FN5O2. The van der Waals surface area contributed by atoms with Crippen LogP contribution >= 0.6 is 0 Å². The van der Waals surface area contributed by atoms with Crippen LogP contribution < -0.4 is 4.74 Å². The summed E-state index contributed by atoms with van der Waals surface area (Å²) in [6.45, 7) is 1.16. The molecule has 1 aliphatic heterocycles. The molecule has 1 fully saturated rings. The number of aromatic amines is 1. The Hall–Kier alpha value is -3.29. The number of ether oxygens (including phenoxy) is 1. The molecule has 1 N–H and O–H groups in total. The molecule has 0 aliphatic carbocycles. The van der Waals surface area contributed by atoms with Crippen molar-refractivity contribution in [1.29, 1.82) is 0 Å². The maximum atomic E-state index is 13.9. The molecule has 0 saturated carbocycles. The zero-order chi connectivity index (χ0) is 18.6. The number of aromatic nitrogens is 4. The van der Waals surface area contributed by atoms with E-state index in [0.29, 0.717) is 24.5 Å². The Morgan fingerprint density at radius 2 is 2.11 bits per heavy atom. The van der Waals surface area contributed by atoms with Gasteiger partial charge < -0.3 is 14.6 Å². The lowest BCUT2D eigenvalue weighted by atomic mass is 9.94. The average Bonchev–Trinajstić information content (AvgIpc) is 3.24. The molecule has 27 heavy (non-hydrogen) atoms. The van der Waals surface area contributed by atoms with Crippen molar-refractivity contribution in [3.05, 3.63) is 66.4 Å². The minimum atomic E-state index is -0.464. The molecule has 3 heterocycles. The van der Waals surface area contributed by atoms with Crippen molar-refractivity contribution in [3.8, 4) is 11.6 Å². The second kappa shape index (κ2) is 7.53. The number of amides is 1. The first-order chi connectivity index (χ1) is 13.2. The van der Waals surface area contributed by atoms with Gasteiger partial charge in [0.2, 0.25) is 5.88 Å². The summed E-state index contributed by atoms with van der Waals surface area (Å²) >= 11 is 0. The number of carbonyl (C=O) groups excluding carboxylic acids is 1. The van der Waals surface area contributed by atoms with Gasteiger partial charge in [-0.3, -0.25) is 9.78 Å². The van der Waals surface area contributed by atoms with Gasteiger partial charge in [0.25, 0.3) is 5.91 Å². The SMILES string of the molecule is O=C(c1cnc[nH]1)N1CCC[C@@H](c2nccnc2Oc2ccccc2F)C1. The molecule has 1 aliphatic rings. The van der Waals surface area contributed by atoms with Gasteiger partial charge in [0.05, 0.1) is 12.5 Å². The van der Waals surface area contributed by atoms with Crippen LogP contribution in [-0.4, -0.2) is 43.8 Å². The van der Waals surface area contributed by atoms with Crippen molar-refractivity contribution in [2.24, 2.45) is 0 Å². The molecule has 138 valence electrons. The number of halogens is 1. The number of rotatable bonds is 4. The van der Waals surface area contributed by atoms with Crippen molar-refractivity contribution in [3.63, 3.8) is 0 Å². The number of hydrogen-bond acceptors (Lipinski definition) is 5. The van der Waals surface area contributed by atoms with Crippen molar-refractivity contribution in [2.45, 2.75) is 18.8 Å². The zero-order valence-corrected chi connectivity index (χ0v) is 14.5. The number of nitrogens with one attached hydrogen (secondary N) is 1. The molecule has 0 radical (unpaired) electrons. The van der Waals surface area contributed by atoms with Crippen LogP contribution in [0.1, 0.15) is 34.9 Å². The molecule has 0 unspecified atom stereocenters. The number of hydrogen-bond donors (Lipinski definition) is 1. The predicted molar refractivity (Wildman–Crippen MR) is 95.0 cm³/mol. The third-order valence-electron chi connectivity index (χ3n) is 4.56. The van der Waals surface area contributed by atoms with E-state index < -0.39 is 5.82 Å². The van der Waals surface area contributed by atoms with Gasteiger partial charge in [0.1, 0.15) is 11.4 Å². The van der Waals surface area contributed by atoms with E-state index in [4.69, 9.17) is 4.74 Å². The van der Waals surface area contributed by atoms with Crippen LogP contribution in [-0.2, 0) is 0 Å². The van der Waals surface area contributed by atoms with E-state index in [9.17, 15) is 9.18 Å². The quantitative estimate of drug-likeness (QED) is 0.766. The summed E-state index contributed by atoms with van der Waals surface area (Å²) in [6.07, 6.45) is 7.77. The lowest BCUT2D eigenvalue weighted by Crippen LogP contribution is -2.39. The van der Waals surface area contributed by atoms with Crippen LogP contribution in [0.4, 0.5) is 4.39 Å². The van der Waals surface area contributed by atoms with Crippen molar-refractivity contribution >= 4 is 5.91 Å². The van der Waals surface area contributed by atoms with E-state index in [0.717, 1.165) is 12.8 Å². The van der Waals surface area contributed by atoms with Crippen LogP contribution in [0.5, 0.6) is 11.6 Å². The Labute approximate surface area is 155 Å². The molecule has 8 heteroatoms. The van der Waals surface area contributed by atoms with E-state index in [-0.39, 0.29) is 23.5 Å². The number of para-hydroxylation sites is 1. The number of H-pyrrole nitrogens is 1. The molecule has 1 amide bonds. The summed E-state index contributed by atoms with van der Waals surface area (Å²) in [4.78, 5) is 29.8. The van der Waals surface area contributed by atoms with Crippen LogP contribution in [0.3, 0.4) is 0 Å². The summed E-state index contributed by atoms with van der Waals surface area (Å²) in [5.41, 5.74) is 1.08. The summed E-state index contributed by atoms with van der Waals surface area (Å²) in [6, 6.07) is 6.17. The van der Waals surface area contributed by atoms with Gasteiger partial charge in [-0.05, 0) is 25.0 Å². The molecule has 0 bridgehead atoms. The maximum absolute atomic E-state index is 13.9. The first-order valence-electron chi connectivity index (χ1n) is 8.73. The number of imidazole rings is 1. The molecule has 4 rings (SSSR count). The van der Waals surface area contributed by atoms with Crippen LogP contribution in [0.25, 0.3) is 0 Å². The van der Waals surface area contributed by atoms with E-state index in [1.165, 1.54) is 24.8 Å². The number of nitrogens with zero attached hydrogens (tertiary/aromatic N) is 4. The van der Waals surface area contributed by atoms with Gasteiger partial charge in [-0.1, -0.05) is 12.1 Å². The third kappa shape index (κ3) is 3.64. The van der Waals surface area contributed by atoms with E-state index in [2.05, 4.69) is 19.9 Å². The smallest absolute Gasteiger partial charge is 0.271 e. The van der Waals surface area contributed by atoms with Gasteiger partial charge in [0, 0.05) is 31.4 Å². The minimum Gasteiger partial charge on any atom is -0.434 e. The van der Waals surface area contributed by atoms with Crippen molar-refractivity contribution in [2.75, 3.05) is 13.1 Å². The largest absolute Gasteiger partial charge is 0.434 e. The Morgan fingerprint density at radius 1 is 1.26 bits per heavy atom. The fourth-order valence-corrected chi connectivity index (χ4v) is 3.25. The predicted octanol–water partition coefficient (Wildman–Crippen LogP) is 3.15. The van der Waals surface area contributed by atoms with E-state index in [1.807, 2.05) is 0 Å². The van der Waals surface area contributed by atoms with Gasteiger partial charge in [-0.15, -0.1) is 0 Å². The van der Waals surface area contributed by atoms with Crippen molar-refractivity contribution in [1.82, 2.24) is 24.8 Å². The van der Waals surface area contributed by atoms with Gasteiger partial charge >= 0.3 is 0 Å². The summed E-state index contributed by atoms with van der Waals surface area (Å²) in [7, 11) is 0. The topological polar surface area (TPSA) is 84.0 Å². The van der Waals surface area contributed by atoms with E-state index in [1.54, 1.807) is 29.3 Å². The first kappa shape index (κ1) is 17.1. The fraction of sp³-hybridized carbons (Fsp3) is 0.263. The minimum absolute atomic E-state index is 0.0407. The molecule has 1 aromatic carbocycles. The molecule has 1 saturated heterocycles. The van der Waals surface area contributed by atoms with Crippen molar-refractivity contribution < 1.29 is 13.9 Å².